The molecule has 0 spiro atoms. The first kappa shape index (κ1) is 15.1. The van der Waals surface area contributed by atoms with E-state index in [0.29, 0.717) is 12.2 Å². The van der Waals surface area contributed by atoms with Crippen LogP contribution in [0.5, 0.6) is 17.2 Å². The predicted molar refractivity (Wildman–Crippen MR) is 83.1 cm³/mol. The lowest BCUT2D eigenvalue weighted by molar-refractivity contribution is -0.107. The number of rotatable bonds is 6. The molecule has 1 N–H and O–H groups in total. The molecule has 3 nitrogen and oxygen atoms in total. The third-order valence-corrected chi connectivity index (χ3v) is 3.40. The SMILES string of the molecule is CCc1cc(CCC=O)cc(C)c1Oc1ccc(O)cc1. The highest BCUT2D eigenvalue weighted by molar-refractivity contribution is 5.51. The number of ether oxygens (including phenoxy) is 1. The summed E-state index contributed by atoms with van der Waals surface area (Å²) in [4.78, 5) is 10.5. The van der Waals surface area contributed by atoms with Gasteiger partial charge in [-0.2, -0.15) is 0 Å². The number of hydrogen-bond acceptors (Lipinski definition) is 3. The quantitative estimate of drug-likeness (QED) is 0.809. The van der Waals surface area contributed by atoms with Crippen molar-refractivity contribution in [1.82, 2.24) is 0 Å². The van der Waals surface area contributed by atoms with E-state index < -0.39 is 0 Å². The minimum Gasteiger partial charge on any atom is -0.508 e. The molecule has 3 heteroatoms. The molecule has 0 bridgehead atoms. The van der Waals surface area contributed by atoms with E-state index in [-0.39, 0.29) is 5.75 Å². The van der Waals surface area contributed by atoms with Gasteiger partial charge in [-0.25, -0.2) is 0 Å². The highest BCUT2D eigenvalue weighted by Gasteiger charge is 2.10. The van der Waals surface area contributed by atoms with E-state index >= 15 is 0 Å². The Kier molecular flexibility index (Phi) is 4.99. The number of carbonyl (C=O) groups is 1. The number of carbonyl (C=O) groups excluding carboxylic acids is 1. The van der Waals surface area contributed by atoms with Gasteiger partial charge in [-0.1, -0.05) is 19.1 Å². The van der Waals surface area contributed by atoms with Crippen molar-refractivity contribution in [2.45, 2.75) is 33.1 Å². The molecule has 2 aromatic rings. The van der Waals surface area contributed by atoms with Crippen molar-refractivity contribution < 1.29 is 14.6 Å². The van der Waals surface area contributed by atoms with Gasteiger partial charge in [0.05, 0.1) is 0 Å². The molecule has 0 aliphatic rings. The number of aromatic hydroxyl groups is 1. The number of aryl methyl sites for hydroxylation is 3. The standard InChI is InChI=1S/C18H20O3/c1-3-15-12-14(5-4-10-19)11-13(2)18(15)21-17-8-6-16(20)7-9-17/h6-12,20H,3-5H2,1-2H3. The maximum atomic E-state index is 10.5. The average molecular weight is 284 g/mol. The van der Waals surface area contributed by atoms with Crippen LogP contribution in [0.2, 0.25) is 0 Å². The predicted octanol–water partition coefficient (Wildman–Crippen LogP) is 4.19. The van der Waals surface area contributed by atoms with Gasteiger partial charge in [-0.3, -0.25) is 0 Å². The van der Waals surface area contributed by atoms with Crippen LogP contribution in [-0.4, -0.2) is 11.4 Å². The summed E-state index contributed by atoms with van der Waals surface area (Å²) in [5.74, 6) is 1.78. The third kappa shape index (κ3) is 3.85. The van der Waals surface area contributed by atoms with Crippen LogP contribution < -0.4 is 4.74 Å². The van der Waals surface area contributed by atoms with E-state index in [1.54, 1.807) is 24.3 Å². The Morgan fingerprint density at radius 2 is 1.90 bits per heavy atom. The molecule has 2 aromatic carbocycles. The Labute approximate surface area is 125 Å². The summed E-state index contributed by atoms with van der Waals surface area (Å²) in [5.41, 5.74) is 3.35. The molecule has 0 aliphatic heterocycles. The van der Waals surface area contributed by atoms with Gasteiger partial charge in [0.2, 0.25) is 0 Å². The van der Waals surface area contributed by atoms with Crippen molar-refractivity contribution in [3.05, 3.63) is 53.1 Å². The first-order valence-electron chi connectivity index (χ1n) is 7.17. The number of phenolic OH excluding ortho intramolecular Hbond substituents is 1. The average Bonchev–Trinajstić information content (AvgIpc) is 2.49. The molecule has 2 rings (SSSR count). The summed E-state index contributed by atoms with van der Waals surface area (Å²) < 4.78 is 5.96. The molecular weight excluding hydrogens is 264 g/mol. The molecule has 0 unspecified atom stereocenters. The van der Waals surface area contributed by atoms with Crippen LogP contribution in [0.1, 0.15) is 30.0 Å². The zero-order chi connectivity index (χ0) is 15.2. The molecule has 0 aliphatic carbocycles. The van der Waals surface area contributed by atoms with Gasteiger partial charge in [0.25, 0.3) is 0 Å². The van der Waals surface area contributed by atoms with Crippen LogP contribution >= 0.6 is 0 Å². The maximum absolute atomic E-state index is 10.5. The minimum absolute atomic E-state index is 0.221. The summed E-state index contributed by atoms with van der Waals surface area (Å²) in [6, 6.07) is 10.9. The van der Waals surface area contributed by atoms with Gasteiger partial charge in [0, 0.05) is 6.42 Å². The van der Waals surface area contributed by atoms with Crippen LogP contribution in [0.15, 0.2) is 36.4 Å². The van der Waals surface area contributed by atoms with Crippen molar-refractivity contribution in [3.63, 3.8) is 0 Å². The van der Waals surface area contributed by atoms with Gasteiger partial charge >= 0.3 is 0 Å². The Morgan fingerprint density at radius 3 is 2.52 bits per heavy atom. The molecular formula is C18H20O3. The molecule has 0 saturated heterocycles. The highest BCUT2D eigenvalue weighted by Crippen LogP contribution is 2.31. The molecule has 0 heterocycles. The lowest BCUT2D eigenvalue weighted by Gasteiger charge is -2.15. The fourth-order valence-corrected chi connectivity index (χ4v) is 2.34. The first-order chi connectivity index (χ1) is 10.1. The molecule has 0 atom stereocenters. The summed E-state index contributed by atoms with van der Waals surface area (Å²) >= 11 is 0. The maximum Gasteiger partial charge on any atom is 0.133 e. The van der Waals surface area contributed by atoms with Crippen LogP contribution in [-0.2, 0) is 17.6 Å². The van der Waals surface area contributed by atoms with E-state index in [9.17, 15) is 9.90 Å². The summed E-state index contributed by atoms with van der Waals surface area (Å²) in [5, 5.41) is 9.31. The van der Waals surface area contributed by atoms with Crippen LogP contribution in [0.25, 0.3) is 0 Å². The Morgan fingerprint density at radius 1 is 1.19 bits per heavy atom. The van der Waals surface area contributed by atoms with Crippen LogP contribution in [0, 0.1) is 6.92 Å². The molecule has 0 radical (unpaired) electrons. The number of benzene rings is 2. The fourth-order valence-electron chi connectivity index (χ4n) is 2.34. The molecule has 110 valence electrons. The van der Waals surface area contributed by atoms with Crippen molar-refractivity contribution in [3.8, 4) is 17.2 Å². The lowest BCUT2D eigenvalue weighted by Crippen LogP contribution is -1.97. The van der Waals surface area contributed by atoms with Gasteiger partial charge in [-0.05, 0) is 60.7 Å². The second kappa shape index (κ2) is 6.93. The number of phenols is 1. The molecule has 0 saturated carbocycles. The number of hydrogen-bond donors (Lipinski definition) is 1. The van der Waals surface area contributed by atoms with E-state index in [0.717, 1.165) is 41.6 Å². The molecule has 0 amide bonds. The smallest absolute Gasteiger partial charge is 0.133 e. The topological polar surface area (TPSA) is 46.5 Å². The third-order valence-electron chi connectivity index (χ3n) is 3.40. The summed E-state index contributed by atoms with van der Waals surface area (Å²) in [6.07, 6.45) is 3.11. The largest absolute Gasteiger partial charge is 0.508 e. The molecule has 0 aromatic heterocycles. The zero-order valence-corrected chi connectivity index (χ0v) is 12.4. The van der Waals surface area contributed by atoms with E-state index in [4.69, 9.17) is 4.74 Å². The van der Waals surface area contributed by atoms with E-state index in [2.05, 4.69) is 19.1 Å². The molecule has 21 heavy (non-hydrogen) atoms. The number of aldehydes is 1. The Bertz CT molecular complexity index is 615. The first-order valence-corrected chi connectivity index (χ1v) is 7.17. The normalized spacial score (nSPS) is 10.4. The van der Waals surface area contributed by atoms with Crippen molar-refractivity contribution >= 4 is 6.29 Å². The fraction of sp³-hybridized carbons (Fsp3) is 0.278. The van der Waals surface area contributed by atoms with E-state index in [1.807, 2.05) is 6.92 Å². The van der Waals surface area contributed by atoms with Gasteiger partial charge in [0.1, 0.15) is 23.5 Å². The summed E-state index contributed by atoms with van der Waals surface area (Å²) in [6.45, 7) is 4.10. The Balaban J connectivity index is 2.29. The Hall–Kier alpha value is -2.29. The second-order valence-corrected chi connectivity index (χ2v) is 5.06. The summed E-state index contributed by atoms with van der Waals surface area (Å²) in [7, 11) is 0. The van der Waals surface area contributed by atoms with Crippen molar-refractivity contribution in [1.29, 1.82) is 0 Å². The second-order valence-electron chi connectivity index (χ2n) is 5.06. The zero-order valence-electron chi connectivity index (χ0n) is 12.4. The molecule has 0 fully saturated rings. The van der Waals surface area contributed by atoms with Gasteiger partial charge < -0.3 is 14.6 Å². The van der Waals surface area contributed by atoms with Crippen LogP contribution in [0.3, 0.4) is 0 Å². The van der Waals surface area contributed by atoms with Gasteiger partial charge in [-0.15, -0.1) is 0 Å². The van der Waals surface area contributed by atoms with Crippen LogP contribution in [0.4, 0.5) is 0 Å². The van der Waals surface area contributed by atoms with Crippen molar-refractivity contribution in [2.24, 2.45) is 0 Å². The highest BCUT2D eigenvalue weighted by atomic mass is 16.5. The van der Waals surface area contributed by atoms with Crippen molar-refractivity contribution in [2.75, 3.05) is 0 Å². The monoisotopic (exact) mass is 284 g/mol. The van der Waals surface area contributed by atoms with Gasteiger partial charge in [0.15, 0.2) is 0 Å². The lowest BCUT2D eigenvalue weighted by atomic mass is 10.0. The minimum atomic E-state index is 0.221. The van der Waals surface area contributed by atoms with E-state index in [1.165, 1.54) is 0 Å².